The maximum atomic E-state index is 10.6. The Morgan fingerprint density at radius 3 is 2.33 bits per heavy atom. The van der Waals surface area contributed by atoms with Gasteiger partial charge in [-0.1, -0.05) is 56.5 Å². The van der Waals surface area contributed by atoms with Gasteiger partial charge in [-0.25, -0.2) is 0 Å². The van der Waals surface area contributed by atoms with Gasteiger partial charge in [0.15, 0.2) is 0 Å². The van der Waals surface area contributed by atoms with E-state index in [9.17, 15) is 5.11 Å². The molecule has 1 aromatic rings. The Hall–Kier alpha value is -0.820. The maximum absolute atomic E-state index is 10.6. The molecule has 1 heteroatoms. The fourth-order valence-corrected chi connectivity index (χ4v) is 2.28. The lowest BCUT2D eigenvalue weighted by Crippen LogP contribution is -2.31. The number of hydrogen-bond acceptors (Lipinski definition) is 1. The third kappa shape index (κ3) is 2.60. The normalized spacial score (nSPS) is 15.3. The van der Waals surface area contributed by atoms with Crippen molar-refractivity contribution in [3.8, 4) is 0 Å². The van der Waals surface area contributed by atoms with Crippen LogP contribution in [0.25, 0.3) is 0 Å². The Labute approximate surface area is 93.1 Å². The molecular weight excluding hydrogens is 184 g/mol. The topological polar surface area (TPSA) is 20.2 Å². The van der Waals surface area contributed by atoms with Crippen LogP contribution in [-0.4, -0.2) is 5.11 Å². The van der Waals surface area contributed by atoms with Gasteiger partial charge in [-0.3, -0.25) is 0 Å². The summed E-state index contributed by atoms with van der Waals surface area (Å²) in [6, 6.07) is 8.18. The highest BCUT2D eigenvalue weighted by Gasteiger charge is 2.30. The van der Waals surface area contributed by atoms with Crippen LogP contribution in [0.4, 0.5) is 0 Å². The molecule has 0 aliphatic carbocycles. The summed E-state index contributed by atoms with van der Waals surface area (Å²) in [5, 5.41) is 10.6. The van der Waals surface area contributed by atoms with E-state index < -0.39 is 5.60 Å². The number of aliphatic hydroxyl groups is 1. The van der Waals surface area contributed by atoms with E-state index in [0.717, 1.165) is 18.4 Å². The molecular formula is C14H22O. The van der Waals surface area contributed by atoms with Gasteiger partial charge in [0.25, 0.3) is 0 Å². The smallest absolute Gasteiger partial charge is 0.0896 e. The van der Waals surface area contributed by atoms with Crippen LogP contribution in [0.5, 0.6) is 0 Å². The molecule has 84 valence electrons. The van der Waals surface area contributed by atoms with Crippen molar-refractivity contribution >= 4 is 0 Å². The molecule has 1 nitrogen and oxygen atoms in total. The Balaban J connectivity index is 3.03. The maximum Gasteiger partial charge on any atom is 0.0896 e. The van der Waals surface area contributed by atoms with Gasteiger partial charge in [0.2, 0.25) is 0 Å². The Morgan fingerprint density at radius 2 is 1.87 bits per heavy atom. The highest BCUT2D eigenvalue weighted by Crippen LogP contribution is 2.33. The van der Waals surface area contributed by atoms with Crippen LogP contribution < -0.4 is 0 Å². The predicted molar refractivity (Wildman–Crippen MR) is 64.8 cm³/mol. The van der Waals surface area contributed by atoms with Gasteiger partial charge in [-0.2, -0.15) is 0 Å². The summed E-state index contributed by atoms with van der Waals surface area (Å²) in [6.45, 7) is 8.27. The lowest BCUT2D eigenvalue weighted by Gasteiger charge is -2.32. The fourth-order valence-electron chi connectivity index (χ4n) is 2.28. The van der Waals surface area contributed by atoms with Crippen molar-refractivity contribution in [2.75, 3.05) is 0 Å². The summed E-state index contributed by atoms with van der Waals surface area (Å²) in [5.41, 5.74) is 1.55. The zero-order valence-electron chi connectivity index (χ0n) is 10.2. The number of rotatable bonds is 4. The van der Waals surface area contributed by atoms with Crippen LogP contribution in [0.1, 0.15) is 44.7 Å². The lowest BCUT2D eigenvalue weighted by molar-refractivity contribution is -0.00954. The second kappa shape index (κ2) is 4.80. The Morgan fingerprint density at radius 1 is 1.27 bits per heavy atom. The van der Waals surface area contributed by atoms with E-state index in [4.69, 9.17) is 0 Å². The van der Waals surface area contributed by atoms with Gasteiger partial charge in [0, 0.05) is 0 Å². The SMILES string of the molecule is CCC(CC)C(C)(O)c1cccc(C)c1. The van der Waals surface area contributed by atoms with E-state index in [-0.39, 0.29) is 0 Å². The van der Waals surface area contributed by atoms with Crippen LogP contribution in [-0.2, 0) is 5.60 Å². The van der Waals surface area contributed by atoms with Gasteiger partial charge in [0.05, 0.1) is 5.60 Å². The van der Waals surface area contributed by atoms with Gasteiger partial charge >= 0.3 is 0 Å². The molecule has 0 bridgehead atoms. The first-order chi connectivity index (χ1) is 7.02. The molecule has 0 amide bonds. The summed E-state index contributed by atoms with van der Waals surface area (Å²) < 4.78 is 0. The van der Waals surface area contributed by atoms with Crippen LogP contribution in [0.2, 0.25) is 0 Å². The fraction of sp³-hybridized carbons (Fsp3) is 0.571. The van der Waals surface area contributed by atoms with Crippen LogP contribution >= 0.6 is 0 Å². The van der Waals surface area contributed by atoms with E-state index in [1.807, 2.05) is 19.1 Å². The van der Waals surface area contributed by atoms with E-state index in [1.54, 1.807) is 0 Å². The summed E-state index contributed by atoms with van der Waals surface area (Å²) in [6.07, 6.45) is 2.02. The second-order valence-electron chi connectivity index (χ2n) is 4.53. The highest BCUT2D eigenvalue weighted by atomic mass is 16.3. The second-order valence-corrected chi connectivity index (χ2v) is 4.53. The summed E-state index contributed by atoms with van der Waals surface area (Å²) in [7, 11) is 0. The van der Waals surface area contributed by atoms with E-state index >= 15 is 0 Å². The molecule has 0 aromatic heterocycles. The van der Waals surface area contributed by atoms with E-state index in [0.29, 0.717) is 5.92 Å². The number of aryl methyl sites for hydroxylation is 1. The van der Waals surface area contributed by atoms with E-state index in [2.05, 4.69) is 32.9 Å². The summed E-state index contributed by atoms with van der Waals surface area (Å²) in [5.74, 6) is 0.333. The lowest BCUT2D eigenvalue weighted by atomic mass is 9.79. The van der Waals surface area contributed by atoms with Crippen LogP contribution in [0.15, 0.2) is 24.3 Å². The number of hydrogen-bond donors (Lipinski definition) is 1. The van der Waals surface area contributed by atoms with Crippen molar-refractivity contribution in [1.29, 1.82) is 0 Å². The van der Waals surface area contributed by atoms with Crippen molar-refractivity contribution in [2.45, 2.75) is 46.1 Å². The standard InChI is InChI=1S/C14H22O/c1-5-12(6-2)14(4,15)13-9-7-8-11(3)10-13/h7-10,12,15H,5-6H2,1-4H3. The Bertz CT molecular complexity index is 311. The quantitative estimate of drug-likeness (QED) is 0.797. The van der Waals surface area contributed by atoms with Gasteiger partial charge in [-0.15, -0.1) is 0 Å². The van der Waals surface area contributed by atoms with E-state index in [1.165, 1.54) is 5.56 Å². The molecule has 1 N–H and O–H groups in total. The average Bonchev–Trinajstić information content (AvgIpc) is 2.19. The van der Waals surface area contributed by atoms with Gasteiger partial charge in [0.1, 0.15) is 0 Å². The van der Waals surface area contributed by atoms with Crippen molar-refractivity contribution in [3.05, 3.63) is 35.4 Å². The molecule has 0 saturated carbocycles. The summed E-state index contributed by atoms with van der Waals surface area (Å²) in [4.78, 5) is 0. The molecule has 0 heterocycles. The predicted octanol–water partition coefficient (Wildman–Crippen LogP) is 3.64. The minimum atomic E-state index is -0.699. The van der Waals surface area contributed by atoms with Crippen molar-refractivity contribution in [2.24, 2.45) is 5.92 Å². The van der Waals surface area contributed by atoms with Crippen LogP contribution in [0.3, 0.4) is 0 Å². The van der Waals surface area contributed by atoms with Gasteiger partial charge < -0.3 is 5.11 Å². The molecule has 1 aromatic carbocycles. The molecule has 1 unspecified atom stereocenters. The zero-order valence-corrected chi connectivity index (χ0v) is 10.2. The van der Waals surface area contributed by atoms with Gasteiger partial charge in [-0.05, 0) is 25.3 Å². The number of benzene rings is 1. The minimum Gasteiger partial charge on any atom is -0.385 e. The first-order valence-corrected chi connectivity index (χ1v) is 5.81. The Kier molecular flexibility index (Phi) is 3.92. The monoisotopic (exact) mass is 206 g/mol. The molecule has 0 aliphatic rings. The molecule has 0 fully saturated rings. The first kappa shape index (κ1) is 12.3. The van der Waals surface area contributed by atoms with Crippen molar-refractivity contribution < 1.29 is 5.11 Å². The van der Waals surface area contributed by atoms with Crippen molar-refractivity contribution in [3.63, 3.8) is 0 Å². The largest absolute Gasteiger partial charge is 0.385 e. The molecule has 0 spiro atoms. The molecule has 0 saturated heterocycles. The zero-order chi connectivity index (χ0) is 11.5. The minimum absolute atomic E-state index is 0.333. The van der Waals surface area contributed by atoms with Crippen LogP contribution in [0, 0.1) is 12.8 Å². The molecule has 15 heavy (non-hydrogen) atoms. The molecule has 0 aliphatic heterocycles. The highest BCUT2D eigenvalue weighted by molar-refractivity contribution is 5.27. The first-order valence-electron chi connectivity index (χ1n) is 5.81. The molecule has 1 rings (SSSR count). The van der Waals surface area contributed by atoms with Crippen molar-refractivity contribution in [1.82, 2.24) is 0 Å². The third-order valence-electron chi connectivity index (χ3n) is 3.38. The summed E-state index contributed by atoms with van der Waals surface area (Å²) >= 11 is 0. The molecule has 0 radical (unpaired) electrons. The average molecular weight is 206 g/mol. The molecule has 1 atom stereocenters. The third-order valence-corrected chi connectivity index (χ3v) is 3.38.